The number of aromatic nitrogens is 4. The Hall–Kier alpha value is -2.81. The number of amides is 1. The van der Waals surface area contributed by atoms with Gasteiger partial charge >= 0.3 is 0 Å². The molecular weight excluding hydrogens is 378 g/mol. The van der Waals surface area contributed by atoms with Crippen LogP contribution < -0.4 is 9.47 Å². The molecule has 0 N–H and O–H groups in total. The Morgan fingerprint density at radius 3 is 2.89 bits per heavy atom. The highest BCUT2D eigenvalue weighted by Gasteiger charge is 2.24. The number of hydrogen-bond acceptors (Lipinski definition) is 7. The molecule has 1 aliphatic heterocycles. The second-order valence-electron chi connectivity index (χ2n) is 6.72. The predicted molar refractivity (Wildman–Crippen MR) is 105 cm³/mol. The van der Waals surface area contributed by atoms with Crippen LogP contribution in [-0.4, -0.2) is 62.4 Å². The quantitative estimate of drug-likeness (QED) is 0.608. The molecule has 9 heteroatoms. The highest BCUT2D eigenvalue weighted by Crippen LogP contribution is 2.31. The lowest BCUT2D eigenvalue weighted by Crippen LogP contribution is -2.42. The molecule has 3 heterocycles. The summed E-state index contributed by atoms with van der Waals surface area (Å²) in [6.07, 6.45) is -0.197. The van der Waals surface area contributed by atoms with Gasteiger partial charge in [-0.05, 0) is 32.0 Å². The zero-order valence-electron chi connectivity index (χ0n) is 16.0. The van der Waals surface area contributed by atoms with Crippen LogP contribution in [0.2, 0.25) is 0 Å². The van der Waals surface area contributed by atoms with E-state index in [9.17, 15) is 4.79 Å². The van der Waals surface area contributed by atoms with Gasteiger partial charge in [-0.15, -0.1) is 10.2 Å². The molecule has 0 fully saturated rings. The van der Waals surface area contributed by atoms with E-state index in [-0.39, 0.29) is 17.8 Å². The van der Waals surface area contributed by atoms with Crippen LogP contribution in [0.4, 0.5) is 0 Å². The first-order valence-electron chi connectivity index (χ1n) is 8.96. The van der Waals surface area contributed by atoms with Crippen LogP contribution in [0.15, 0.2) is 35.5 Å². The summed E-state index contributed by atoms with van der Waals surface area (Å²) in [5.41, 5.74) is 1.88. The van der Waals surface area contributed by atoms with Crippen molar-refractivity contribution in [2.24, 2.45) is 0 Å². The van der Waals surface area contributed by atoms with Gasteiger partial charge in [-0.3, -0.25) is 9.20 Å². The van der Waals surface area contributed by atoms with Gasteiger partial charge in [0.1, 0.15) is 6.61 Å². The SMILES string of the molecule is Cc1cc(C)n2c(SCC(=O)N(C)C[C@H]3COc4ccccc4O3)nnc2n1. The van der Waals surface area contributed by atoms with Crippen LogP contribution in [-0.2, 0) is 4.79 Å². The predicted octanol–water partition coefficient (Wildman–Crippen LogP) is 2.13. The molecule has 1 atom stereocenters. The summed E-state index contributed by atoms with van der Waals surface area (Å²) in [5.74, 6) is 2.24. The lowest BCUT2D eigenvalue weighted by atomic mass is 10.2. The van der Waals surface area contributed by atoms with Crippen molar-refractivity contribution in [2.75, 3.05) is 26.0 Å². The molecule has 0 saturated heterocycles. The van der Waals surface area contributed by atoms with Crippen molar-refractivity contribution < 1.29 is 14.3 Å². The van der Waals surface area contributed by atoms with Crippen molar-refractivity contribution in [1.29, 1.82) is 0 Å². The van der Waals surface area contributed by atoms with E-state index in [1.807, 2.05) is 48.6 Å². The second kappa shape index (κ2) is 7.67. The van der Waals surface area contributed by atoms with Crippen LogP contribution in [0.25, 0.3) is 5.78 Å². The molecule has 1 aromatic carbocycles. The minimum atomic E-state index is -0.197. The summed E-state index contributed by atoms with van der Waals surface area (Å²) >= 11 is 1.35. The van der Waals surface area contributed by atoms with E-state index in [0.717, 1.165) is 17.1 Å². The number of thioether (sulfide) groups is 1. The van der Waals surface area contributed by atoms with Gasteiger partial charge in [0, 0.05) is 18.4 Å². The van der Waals surface area contributed by atoms with Gasteiger partial charge in [0.2, 0.25) is 5.91 Å². The van der Waals surface area contributed by atoms with E-state index in [1.165, 1.54) is 11.8 Å². The number of fused-ring (bicyclic) bond motifs is 2. The largest absolute Gasteiger partial charge is 0.486 e. The number of benzene rings is 1. The summed E-state index contributed by atoms with van der Waals surface area (Å²) in [4.78, 5) is 18.6. The Kier molecular flexibility index (Phi) is 5.08. The lowest BCUT2D eigenvalue weighted by molar-refractivity contribution is -0.128. The van der Waals surface area contributed by atoms with Crippen molar-refractivity contribution >= 4 is 23.4 Å². The van der Waals surface area contributed by atoms with Crippen LogP contribution in [0, 0.1) is 13.8 Å². The zero-order chi connectivity index (χ0) is 19.7. The molecule has 0 saturated carbocycles. The third-order valence-corrected chi connectivity index (χ3v) is 5.37. The first-order valence-corrected chi connectivity index (χ1v) is 9.94. The van der Waals surface area contributed by atoms with Gasteiger partial charge in [-0.1, -0.05) is 23.9 Å². The minimum Gasteiger partial charge on any atom is -0.486 e. The van der Waals surface area contributed by atoms with Crippen molar-refractivity contribution in [3.05, 3.63) is 41.7 Å². The molecule has 0 radical (unpaired) electrons. The summed E-state index contributed by atoms with van der Waals surface area (Å²) in [6.45, 7) is 4.76. The molecule has 2 aromatic heterocycles. The molecule has 0 bridgehead atoms. The molecule has 1 amide bonds. The molecule has 4 rings (SSSR count). The van der Waals surface area contributed by atoms with E-state index in [0.29, 0.717) is 29.8 Å². The number of carbonyl (C=O) groups is 1. The minimum absolute atomic E-state index is 0.0121. The second-order valence-corrected chi connectivity index (χ2v) is 7.66. The number of likely N-dealkylation sites (N-methyl/N-ethyl adjacent to an activating group) is 1. The zero-order valence-corrected chi connectivity index (χ0v) is 16.8. The first kappa shape index (κ1) is 18.5. The third-order valence-electron chi connectivity index (χ3n) is 4.46. The summed E-state index contributed by atoms with van der Waals surface area (Å²) in [7, 11) is 1.77. The Balaban J connectivity index is 1.35. The van der Waals surface area contributed by atoms with Gasteiger partial charge in [-0.25, -0.2) is 4.98 Å². The Morgan fingerprint density at radius 2 is 2.07 bits per heavy atom. The van der Waals surface area contributed by atoms with Crippen molar-refractivity contribution in [3.63, 3.8) is 0 Å². The van der Waals surface area contributed by atoms with E-state index < -0.39 is 0 Å². The molecule has 0 spiro atoms. The summed E-state index contributed by atoms with van der Waals surface area (Å²) < 4.78 is 13.5. The monoisotopic (exact) mass is 399 g/mol. The average Bonchev–Trinajstić information content (AvgIpc) is 3.09. The maximum atomic E-state index is 12.6. The van der Waals surface area contributed by atoms with E-state index >= 15 is 0 Å². The van der Waals surface area contributed by atoms with E-state index in [4.69, 9.17) is 9.47 Å². The van der Waals surface area contributed by atoms with Gasteiger partial charge in [0.15, 0.2) is 22.8 Å². The Labute approximate surface area is 166 Å². The van der Waals surface area contributed by atoms with Crippen molar-refractivity contribution in [1.82, 2.24) is 24.5 Å². The van der Waals surface area contributed by atoms with Crippen LogP contribution in [0.5, 0.6) is 11.5 Å². The third kappa shape index (κ3) is 3.75. The number of para-hydroxylation sites is 2. The standard InChI is InChI=1S/C19H21N5O3S/c1-12-8-13(2)24-18(20-12)21-22-19(24)28-11-17(25)23(3)9-14-10-26-15-6-4-5-7-16(15)27-14/h4-8,14H,9-11H2,1-3H3/t14-/m0/s1. The van der Waals surface area contributed by atoms with Crippen LogP contribution in [0.1, 0.15) is 11.4 Å². The summed E-state index contributed by atoms with van der Waals surface area (Å²) in [6, 6.07) is 9.51. The molecule has 0 unspecified atom stereocenters. The fourth-order valence-corrected chi connectivity index (χ4v) is 4.02. The van der Waals surface area contributed by atoms with Crippen LogP contribution in [0.3, 0.4) is 0 Å². The fraction of sp³-hybridized carbons (Fsp3) is 0.368. The first-order chi connectivity index (χ1) is 13.5. The maximum Gasteiger partial charge on any atom is 0.256 e. The molecule has 8 nitrogen and oxygen atoms in total. The topological polar surface area (TPSA) is 81.9 Å². The van der Waals surface area contributed by atoms with Crippen molar-refractivity contribution in [2.45, 2.75) is 25.1 Å². The molecular formula is C19H21N5O3S. The molecule has 1 aliphatic rings. The smallest absolute Gasteiger partial charge is 0.256 e. The highest BCUT2D eigenvalue weighted by molar-refractivity contribution is 7.99. The number of rotatable bonds is 5. The number of carbonyl (C=O) groups excluding carboxylic acids is 1. The number of nitrogens with zero attached hydrogens (tertiary/aromatic N) is 5. The highest BCUT2D eigenvalue weighted by atomic mass is 32.2. The molecule has 0 aliphatic carbocycles. The van der Waals surface area contributed by atoms with Gasteiger partial charge < -0.3 is 14.4 Å². The van der Waals surface area contributed by atoms with Crippen molar-refractivity contribution in [3.8, 4) is 11.5 Å². The molecule has 146 valence electrons. The fourth-order valence-electron chi connectivity index (χ4n) is 3.09. The summed E-state index contributed by atoms with van der Waals surface area (Å²) in [5, 5.41) is 8.93. The maximum absolute atomic E-state index is 12.6. The Bertz CT molecular complexity index is 1020. The van der Waals surface area contributed by atoms with E-state index in [1.54, 1.807) is 11.9 Å². The molecule has 28 heavy (non-hydrogen) atoms. The molecule has 3 aromatic rings. The van der Waals surface area contributed by atoms with Gasteiger partial charge in [-0.2, -0.15) is 0 Å². The number of aryl methyl sites for hydroxylation is 2. The number of hydrogen-bond donors (Lipinski definition) is 0. The van der Waals surface area contributed by atoms with Gasteiger partial charge in [0.05, 0.1) is 12.3 Å². The Morgan fingerprint density at radius 1 is 1.29 bits per heavy atom. The number of ether oxygens (including phenoxy) is 2. The van der Waals surface area contributed by atoms with Gasteiger partial charge in [0.25, 0.3) is 5.78 Å². The van der Waals surface area contributed by atoms with E-state index in [2.05, 4.69) is 15.2 Å². The lowest BCUT2D eigenvalue weighted by Gasteiger charge is -2.29. The normalized spacial score (nSPS) is 15.6. The van der Waals surface area contributed by atoms with Crippen LogP contribution >= 0.6 is 11.8 Å². The average molecular weight is 399 g/mol.